The number of rotatable bonds is 7. The summed E-state index contributed by atoms with van der Waals surface area (Å²) < 4.78 is 38.4. The minimum absolute atomic E-state index is 0.00461. The Morgan fingerprint density at radius 1 is 1.19 bits per heavy atom. The van der Waals surface area contributed by atoms with E-state index in [-0.39, 0.29) is 28.7 Å². The van der Waals surface area contributed by atoms with Gasteiger partial charge in [-0.1, -0.05) is 13.8 Å². The first-order valence-electron chi connectivity index (χ1n) is 11.8. The van der Waals surface area contributed by atoms with E-state index >= 15 is 0 Å². The smallest absolute Gasteiger partial charge is 0.407 e. The number of nitrogens with one attached hydrogen (secondary N) is 1. The van der Waals surface area contributed by atoms with Gasteiger partial charge in [0.05, 0.1) is 22.6 Å². The highest BCUT2D eigenvalue weighted by atomic mass is 32.2. The topological polar surface area (TPSA) is 117 Å². The van der Waals surface area contributed by atoms with Gasteiger partial charge in [0.15, 0.2) is 9.84 Å². The molecule has 2 aromatic heterocycles. The van der Waals surface area contributed by atoms with Crippen molar-refractivity contribution in [2.24, 2.45) is 13.0 Å². The Hall–Kier alpha value is -3.14. The standard InChI is InChI=1S/C26H35N3O6S/c1-15(2)11-17(28-25(31)35-26(4,5)6)14-34-21-13-20-19(12-22(21)36(8,32)33)18-9-10-27-16(3)23(18)24(30)29(20)7/h9-10,12-13,15,17H,11,14H2,1-8H3,(H,28,31). The van der Waals surface area contributed by atoms with E-state index in [2.05, 4.69) is 10.3 Å². The van der Waals surface area contributed by atoms with Crippen LogP contribution in [0.15, 0.2) is 34.1 Å². The predicted molar refractivity (Wildman–Crippen MR) is 140 cm³/mol. The molecule has 0 aliphatic heterocycles. The molecule has 196 valence electrons. The number of amides is 1. The van der Waals surface area contributed by atoms with Crippen LogP contribution in [-0.4, -0.2) is 48.6 Å². The zero-order chi connectivity index (χ0) is 27.0. The van der Waals surface area contributed by atoms with Gasteiger partial charge in [0.25, 0.3) is 5.56 Å². The number of hydrogen-bond donors (Lipinski definition) is 1. The van der Waals surface area contributed by atoms with Gasteiger partial charge in [0.1, 0.15) is 22.9 Å². The Balaban J connectivity index is 2.08. The number of pyridine rings is 2. The van der Waals surface area contributed by atoms with Crippen molar-refractivity contribution >= 4 is 37.6 Å². The number of alkyl carbamates (subject to hydrolysis) is 1. The average Bonchev–Trinajstić information content (AvgIpc) is 2.72. The van der Waals surface area contributed by atoms with E-state index in [4.69, 9.17) is 9.47 Å². The molecule has 0 aliphatic rings. The zero-order valence-electron chi connectivity index (χ0n) is 22.1. The van der Waals surface area contributed by atoms with Gasteiger partial charge in [0, 0.05) is 31.0 Å². The van der Waals surface area contributed by atoms with Crippen molar-refractivity contribution < 1.29 is 22.7 Å². The first kappa shape index (κ1) is 27.4. The van der Waals surface area contributed by atoms with E-state index in [1.807, 2.05) is 13.8 Å². The fourth-order valence-electron chi connectivity index (χ4n) is 4.19. The number of fused-ring (bicyclic) bond motifs is 3. The molecule has 1 amide bonds. The number of aromatic nitrogens is 2. The average molecular weight is 518 g/mol. The fourth-order valence-corrected chi connectivity index (χ4v) is 5.00. The van der Waals surface area contributed by atoms with E-state index in [0.717, 1.165) is 6.26 Å². The van der Waals surface area contributed by atoms with Crippen molar-refractivity contribution in [1.82, 2.24) is 14.9 Å². The number of hydrogen-bond acceptors (Lipinski definition) is 7. The van der Waals surface area contributed by atoms with Gasteiger partial charge >= 0.3 is 6.09 Å². The molecule has 1 N–H and O–H groups in total. The van der Waals surface area contributed by atoms with Gasteiger partial charge in [-0.3, -0.25) is 9.78 Å². The number of sulfone groups is 1. The third-order valence-electron chi connectivity index (χ3n) is 5.69. The molecule has 1 aromatic carbocycles. The van der Waals surface area contributed by atoms with Gasteiger partial charge < -0.3 is 19.4 Å². The lowest BCUT2D eigenvalue weighted by Gasteiger charge is -2.25. The molecule has 3 aromatic rings. The number of benzene rings is 1. The molecule has 0 fully saturated rings. The molecule has 1 atom stereocenters. The van der Waals surface area contributed by atoms with Crippen LogP contribution in [0.25, 0.3) is 21.7 Å². The summed E-state index contributed by atoms with van der Waals surface area (Å²) in [5.41, 5.74) is 0.212. The fraction of sp³-hybridized carbons (Fsp3) is 0.500. The molecule has 9 nitrogen and oxygen atoms in total. The molecule has 1 unspecified atom stereocenters. The molecule has 2 heterocycles. The highest BCUT2D eigenvalue weighted by Crippen LogP contribution is 2.33. The molecule has 0 spiro atoms. The number of carbonyl (C=O) groups is 1. The first-order chi connectivity index (χ1) is 16.6. The monoisotopic (exact) mass is 517 g/mol. The van der Waals surface area contributed by atoms with Crippen LogP contribution in [0.1, 0.15) is 46.7 Å². The lowest BCUT2D eigenvalue weighted by molar-refractivity contribution is 0.0479. The number of nitrogens with zero attached hydrogens (tertiary/aromatic N) is 2. The normalized spacial score (nSPS) is 13.2. The third kappa shape index (κ3) is 6.16. The Morgan fingerprint density at radius 2 is 1.86 bits per heavy atom. The molecule has 0 saturated heterocycles. The summed E-state index contributed by atoms with van der Waals surface area (Å²) in [6.07, 6.45) is 2.73. The van der Waals surface area contributed by atoms with Crippen molar-refractivity contribution in [2.75, 3.05) is 12.9 Å². The summed E-state index contributed by atoms with van der Waals surface area (Å²) in [4.78, 5) is 29.7. The second kappa shape index (κ2) is 10.1. The second-order valence-electron chi connectivity index (χ2n) is 10.6. The second-order valence-corrected chi connectivity index (χ2v) is 12.5. The molecule has 10 heteroatoms. The zero-order valence-corrected chi connectivity index (χ0v) is 22.9. The quantitative estimate of drug-likeness (QED) is 0.469. The maximum atomic E-state index is 13.1. The van der Waals surface area contributed by atoms with Crippen LogP contribution >= 0.6 is 0 Å². The molecule has 0 saturated carbocycles. The summed E-state index contributed by atoms with van der Waals surface area (Å²) in [5, 5.41) is 4.50. The van der Waals surface area contributed by atoms with E-state index in [1.165, 1.54) is 4.57 Å². The molecule has 36 heavy (non-hydrogen) atoms. The molecule has 0 bridgehead atoms. The maximum Gasteiger partial charge on any atom is 0.407 e. The lowest BCUT2D eigenvalue weighted by atomic mass is 10.0. The van der Waals surface area contributed by atoms with Crippen molar-refractivity contribution in [3.8, 4) is 5.75 Å². The summed E-state index contributed by atoms with van der Waals surface area (Å²) in [6, 6.07) is 4.40. The molecule has 3 rings (SSSR count). The van der Waals surface area contributed by atoms with E-state index in [9.17, 15) is 18.0 Å². The lowest BCUT2D eigenvalue weighted by Crippen LogP contribution is -2.42. The molecular weight excluding hydrogens is 482 g/mol. The van der Waals surface area contributed by atoms with Crippen molar-refractivity contribution in [2.45, 2.75) is 64.5 Å². The summed E-state index contributed by atoms with van der Waals surface area (Å²) in [5.74, 6) is 0.355. The molecule has 0 aliphatic carbocycles. The van der Waals surface area contributed by atoms with Crippen molar-refractivity contribution in [3.05, 3.63) is 40.4 Å². The maximum absolute atomic E-state index is 13.1. The van der Waals surface area contributed by atoms with Crippen LogP contribution in [-0.2, 0) is 21.6 Å². The minimum Gasteiger partial charge on any atom is -0.490 e. The predicted octanol–water partition coefficient (Wildman–Crippen LogP) is 4.12. The van der Waals surface area contributed by atoms with Crippen LogP contribution in [0.5, 0.6) is 5.75 Å². The SMILES string of the molecule is Cc1nccc2c1c(=O)n(C)c1cc(OCC(CC(C)C)NC(=O)OC(C)(C)C)c(S(C)(=O)=O)cc21. The molecular formula is C26H35N3O6S. The Morgan fingerprint density at radius 3 is 2.44 bits per heavy atom. The van der Waals surface area contributed by atoms with Crippen LogP contribution in [0.4, 0.5) is 4.79 Å². The van der Waals surface area contributed by atoms with Crippen LogP contribution in [0.3, 0.4) is 0 Å². The van der Waals surface area contributed by atoms with Crippen LogP contribution in [0.2, 0.25) is 0 Å². The minimum atomic E-state index is -3.68. The highest BCUT2D eigenvalue weighted by Gasteiger charge is 2.24. The van der Waals surface area contributed by atoms with Crippen LogP contribution < -0.4 is 15.6 Å². The van der Waals surface area contributed by atoms with Crippen molar-refractivity contribution in [1.29, 1.82) is 0 Å². The first-order valence-corrected chi connectivity index (χ1v) is 13.7. The van der Waals surface area contributed by atoms with Crippen LogP contribution in [0, 0.1) is 12.8 Å². The van der Waals surface area contributed by atoms with E-state index < -0.39 is 27.6 Å². The van der Waals surface area contributed by atoms with Gasteiger partial charge in [-0.15, -0.1) is 0 Å². The van der Waals surface area contributed by atoms with Gasteiger partial charge in [-0.2, -0.15) is 0 Å². The summed E-state index contributed by atoms with van der Waals surface area (Å²) in [6.45, 7) is 11.1. The Kier molecular flexibility index (Phi) is 7.69. The van der Waals surface area contributed by atoms with E-state index in [0.29, 0.717) is 33.8 Å². The summed E-state index contributed by atoms with van der Waals surface area (Å²) in [7, 11) is -2.05. The Bertz CT molecular complexity index is 1470. The number of aryl methyl sites for hydroxylation is 2. The van der Waals surface area contributed by atoms with Gasteiger partial charge in [0.2, 0.25) is 0 Å². The summed E-state index contributed by atoms with van der Waals surface area (Å²) >= 11 is 0. The third-order valence-corrected chi connectivity index (χ3v) is 6.81. The van der Waals surface area contributed by atoms with Gasteiger partial charge in [-0.25, -0.2) is 13.2 Å². The van der Waals surface area contributed by atoms with Crippen molar-refractivity contribution in [3.63, 3.8) is 0 Å². The number of carbonyl (C=O) groups excluding carboxylic acids is 1. The van der Waals surface area contributed by atoms with E-state index in [1.54, 1.807) is 59.1 Å². The number of ether oxygens (including phenoxy) is 2. The highest BCUT2D eigenvalue weighted by molar-refractivity contribution is 7.90. The van der Waals surface area contributed by atoms with Gasteiger partial charge in [-0.05, 0) is 57.6 Å². The largest absolute Gasteiger partial charge is 0.490 e. The Labute approximate surface area is 211 Å². The molecule has 0 radical (unpaired) electrons.